The average Bonchev–Trinajstić information content (AvgIpc) is 0.754. The highest BCUT2D eigenvalue weighted by molar-refractivity contribution is 5.76. The number of nitrogens with zero attached hydrogens (tertiary/aromatic N) is 3. The Hall–Kier alpha value is -2.86. The average molecular weight is 1480 g/mol. The topological polar surface area (TPSA) is 709 Å². The first kappa shape index (κ1) is 82.2. The van der Waals surface area contributed by atoms with E-state index in [1.165, 1.54) is 0 Å². The number of ether oxygens (including phenoxy) is 18. The molecular weight excluding hydrogens is 1390 g/mol. The number of hydrogen-bond acceptors (Lipinski definition) is 43. The number of aliphatic hydroxyl groups excluding tert-OH is 23. The van der Waals surface area contributed by atoms with Gasteiger partial charge in [0.25, 0.3) is 0 Å². The van der Waals surface area contributed by atoms with Crippen molar-refractivity contribution in [3.8, 4) is 0 Å². The van der Waals surface area contributed by atoms with Gasteiger partial charge in [0.2, 0.25) is 5.91 Å². The first-order valence-corrected chi connectivity index (χ1v) is 32.4. The zero-order chi connectivity index (χ0) is 73.4. The van der Waals surface area contributed by atoms with E-state index >= 15 is 0 Å². The fraction of sp³-hybridized carbons (Fsp3) is 0.982. The van der Waals surface area contributed by atoms with Crippen LogP contribution in [0, 0.1) is 0 Å². The Labute approximate surface area is 571 Å². The maximum Gasteiger partial charge on any atom is 0.222 e. The van der Waals surface area contributed by atoms with Crippen molar-refractivity contribution in [2.45, 2.75) is 252 Å². The molecule has 16 bridgehead atoms. The van der Waals surface area contributed by atoms with Crippen LogP contribution < -0.4 is 5.32 Å². The summed E-state index contributed by atoms with van der Waals surface area (Å²) in [5.41, 5.74) is 8.43. The zero-order valence-electron chi connectivity index (χ0n) is 53.4. The van der Waals surface area contributed by atoms with E-state index in [2.05, 4.69) is 15.3 Å². The van der Waals surface area contributed by atoms with Crippen LogP contribution in [-0.2, 0) is 90.1 Å². The van der Waals surface area contributed by atoms with Gasteiger partial charge in [0, 0.05) is 24.4 Å². The molecule has 24 N–H and O–H groups in total. The van der Waals surface area contributed by atoms with Gasteiger partial charge in [-0.3, -0.25) is 4.79 Å². The lowest BCUT2D eigenvalue weighted by Gasteiger charge is -2.50. The van der Waals surface area contributed by atoms with E-state index in [0.717, 1.165) is 0 Å². The second-order valence-corrected chi connectivity index (χ2v) is 25.0. The largest absolute Gasteiger partial charge is 0.394 e. The first-order chi connectivity index (χ1) is 48.3. The van der Waals surface area contributed by atoms with Gasteiger partial charge in [-0.1, -0.05) is 5.11 Å². The van der Waals surface area contributed by atoms with Crippen LogP contribution in [0.5, 0.6) is 0 Å². The lowest BCUT2D eigenvalue weighted by Crippen LogP contribution is -2.69. The second-order valence-electron chi connectivity index (χ2n) is 25.0. The predicted molar refractivity (Wildman–Crippen MR) is 307 cm³/mol. The minimum atomic E-state index is -2.32. The number of azide groups is 1. The standard InChI is InChI=1S/C55H92N4O42/c56-59-58-2-4-85-6-5-84-3-1-23(67)57-7-15-40-24(68)32(76)48(86-15)95-41-16(8-60)88-50(34(78)26(41)70)97-43-18(10-62)90-52(36(80)28(43)72)99-45-20(12-64)92-54(38(82)30(45)74)101-47-22(14-66)93-55(39(83)31(47)75)100-46-21(13-65)91-53(37(81)29(46)73)98-44-19(11-63)89-51(35(79)27(44)71)96-42-17(9-61)87-49(94-40)33(77)25(42)69/h15-22,24-55,60-66,68-83H,1-14H2,(H,57,67)/t15?,16?,17?,18?,19?,20?,21?,22?,24?,25?,26-,27?,28-,29-,30-,31-,32+,33+,34?,35+,36?,37?,38?,39?,40-,41-,42-,43-,44-,45-,46-,47-,48-,49-,50-,51-,52-,53+,54-,55-/m1/s1. The molecule has 1 amide bonds. The molecule has 0 aromatic carbocycles. The lowest BCUT2D eigenvalue weighted by molar-refractivity contribution is -0.403. The van der Waals surface area contributed by atoms with Crippen LogP contribution in [0.25, 0.3) is 10.4 Å². The van der Waals surface area contributed by atoms with Crippen LogP contribution in [-0.4, -0.2) is 455 Å². The van der Waals surface area contributed by atoms with Crippen molar-refractivity contribution in [3.63, 3.8) is 0 Å². The van der Waals surface area contributed by atoms with Crippen LogP contribution >= 0.6 is 0 Å². The van der Waals surface area contributed by atoms with Gasteiger partial charge in [0.15, 0.2) is 50.3 Å². The molecule has 0 spiro atoms. The van der Waals surface area contributed by atoms with Crippen molar-refractivity contribution in [1.82, 2.24) is 5.32 Å². The Morgan fingerprint density at radius 3 is 0.703 bits per heavy atom. The Morgan fingerprint density at radius 2 is 0.495 bits per heavy atom. The van der Waals surface area contributed by atoms with Crippen LogP contribution in [0.15, 0.2) is 5.11 Å². The minimum Gasteiger partial charge on any atom is -0.394 e. The number of carbonyl (C=O) groups excluding carboxylic acids is 1. The molecule has 0 aliphatic carbocycles. The highest BCUT2D eigenvalue weighted by atomic mass is 16.8. The maximum atomic E-state index is 13.2. The van der Waals surface area contributed by atoms with Crippen LogP contribution in [0.2, 0.25) is 0 Å². The van der Waals surface area contributed by atoms with E-state index < -0.39 is 304 Å². The second kappa shape index (κ2) is 37.3. The smallest absolute Gasteiger partial charge is 0.222 e. The third-order valence-electron chi connectivity index (χ3n) is 18.5. The molecule has 0 aromatic rings. The highest BCUT2D eigenvalue weighted by Gasteiger charge is 2.60. The molecule has 0 aromatic heterocycles. The number of nitrogens with one attached hydrogen (secondary N) is 1. The Morgan fingerprint density at radius 1 is 0.297 bits per heavy atom. The molecule has 30 rings (SSSR count). The zero-order valence-corrected chi connectivity index (χ0v) is 53.4. The Kier molecular flexibility index (Phi) is 30.4. The SMILES string of the molecule is [N-]=[N+]=NCCOCCOCCC(=O)NCC1O[C@@H]2O[C@@H]3C(CO)O[C@H](O[C@@H]4C(CO)O[C@H](O[C@@H]5C(CO)O[C@H](O[C@@H]6C(CO)O[C@H](O[C@@H]7C(CO)O[C@@H](O[C@@H]8C(CO)O[C@H](O[C@@H]9C(CO)O[C@H](O[C@H]1C(O)[C@@H]2O)[C@@H](O)C9O)[C@@H](O)C8O)C(O)[C@H]7O)C(O)[C@H]6O)C(O)[C@H]5O)C(O)[C@H]4O)C(O)[C@H]3O. The lowest BCUT2D eigenvalue weighted by atomic mass is 9.94. The summed E-state index contributed by atoms with van der Waals surface area (Å²) in [4.78, 5) is 15.8. The van der Waals surface area contributed by atoms with Crippen LogP contribution in [0.1, 0.15) is 6.42 Å². The molecule has 101 heavy (non-hydrogen) atoms. The summed E-state index contributed by atoms with van der Waals surface area (Å²) < 4.78 is 103. The van der Waals surface area contributed by atoms with Gasteiger partial charge >= 0.3 is 0 Å². The summed E-state index contributed by atoms with van der Waals surface area (Å²) in [5.74, 6) is -0.738. The number of carbonyl (C=O) groups is 1. The van der Waals surface area contributed by atoms with E-state index in [9.17, 15) is 122 Å². The van der Waals surface area contributed by atoms with Gasteiger partial charge in [-0.25, -0.2) is 0 Å². The molecule has 40 atom stereocenters. The van der Waals surface area contributed by atoms with Crippen molar-refractivity contribution in [2.24, 2.45) is 5.11 Å². The summed E-state index contributed by atoms with van der Waals surface area (Å²) in [6, 6.07) is 0. The van der Waals surface area contributed by atoms with E-state index in [-0.39, 0.29) is 39.4 Å². The summed E-state index contributed by atoms with van der Waals surface area (Å²) in [6.07, 6.45) is -83.8. The summed E-state index contributed by atoms with van der Waals surface area (Å²) in [6.45, 7) is -8.44. The molecular formula is C55H92N4O42. The number of hydrogen-bond donors (Lipinski definition) is 24. The third kappa shape index (κ3) is 18.3. The molecule has 30 heterocycles. The summed E-state index contributed by atoms with van der Waals surface area (Å²) >= 11 is 0. The molecule has 30 fully saturated rings. The van der Waals surface area contributed by atoms with Crippen LogP contribution in [0.3, 0.4) is 0 Å². The molecule has 0 radical (unpaired) electrons. The first-order valence-electron chi connectivity index (χ1n) is 32.4. The minimum absolute atomic E-state index is 0.00102. The van der Waals surface area contributed by atoms with Gasteiger partial charge in [0.1, 0.15) is 195 Å². The monoisotopic (exact) mass is 1480 g/mol. The van der Waals surface area contributed by atoms with Gasteiger partial charge in [-0.15, -0.1) is 0 Å². The van der Waals surface area contributed by atoms with Crippen molar-refractivity contribution in [2.75, 3.05) is 85.8 Å². The molecule has 46 nitrogen and oxygen atoms in total. The number of aliphatic hydroxyl groups is 23. The van der Waals surface area contributed by atoms with Crippen LogP contribution in [0.4, 0.5) is 0 Å². The highest BCUT2D eigenvalue weighted by Crippen LogP contribution is 2.40. The van der Waals surface area contributed by atoms with Crippen molar-refractivity contribution in [3.05, 3.63) is 10.4 Å². The maximum absolute atomic E-state index is 13.2. The van der Waals surface area contributed by atoms with Crippen molar-refractivity contribution >= 4 is 5.91 Å². The normalized spacial score (nSPS) is 49.6. The van der Waals surface area contributed by atoms with Gasteiger partial charge < -0.3 is 208 Å². The van der Waals surface area contributed by atoms with E-state index in [4.69, 9.17) is 90.8 Å². The van der Waals surface area contributed by atoms with E-state index in [0.29, 0.717) is 0 Å². The van der Waals surface area contributed by atoms with Gasteiger partial charge in [-0.05, 0) is 5.53 Å². The van der Waals surface area contributed by atoms with E-state index in [1.54, 1.807) is 0 Å². The predicted octanol–water partition coefficient (Wildman–Crippen LogP) is -16.5. The molecule has 16 unspecified atom stereocenters. The molecule has 30 saturated heterocycles. The molecule has 584 valence electrons. The number of rotatable bonds is 18. The fourth-order valence-electron chi connectivity index (χ4n) is 12.9. The number of amides is 1. The summed E-state index contributed by atoms with van der Waals surface area (Å²) in [7, 11) is 0. The van der Waals surface area contributed by atoms with Gasteiger partial charge in [-0.2, -0.15) is 0 Å². The molecule has 46 heteroatoms. The Balaban J connectivity index is 0.978. The molecule has 30 aliphatic heterocycles. The van der Waals surface area contributed by atoms with Crippen molar-refractivity contribution < 1.29 is 208 Å². The van der Waals surface area contributed by atoms with Gasteiger partial charge in [0.05, 0.1) is 72.7 Å². The fourth-order valence-corrected chi connectivity index (χ4v) is 12.9. The van der Waals surface area contributed by atoms with E-state index in [1.807, 2.05) is 0 Å². The Bertz CT molecular complexity index is 2550. The molecule has 0 saturated carbocycles. The quantitative estimate of drug-likeness (QED) is 0.0262. The van der Waals surface area contributed by atoms with Crippen molar-refractivity contribution in [1.29, 1.82) is 0 Å². The summed E-state index contributed by atoms with van der Waals surface area (Å²) in [5, 5.41) is 264. The third-order valence-corrected chi connectivity index (χ3v) is 18.5. The molecule has 30 aliphatic rings.